The first-order valence-corrected chi connectivity index (χ1v) is 12.4. The fourth-order valence-electron chi connectivity index (χ4n) is 4.40. The first-order valence-electron chi connectivity index (χ1n) is 11.6. The summed E-state index contributed by atoms with van der Waals surface area (Å²) in [7, 11) is 4.40. The highest BCUT2D eigenvalue weighted by atomic mass is 32.1. The van der Waals surface area contributed by atoms with E-state index in [1.807, 2.05) is 13.0 Å². The summed E-state index contributed by atoms with van der Waals surface area (Å²) in [5.41, 5.74) is 0.907. The SMILES string of the molecule is CCOc1ccc2nc(N3C(=O)C(O)=C(C(=O)c4ccco4)[C@H]3c3cc(OC)c(OC)c(OC)c3)sc2c1. The van der Waals surface area contributed by atoms with Crippen LogP contribution in [0.15, 0.2) is 64.5 Å². The molecule has 2 aromatic heterocycles. The number of hydrogen-bond acceptors (Lipinski definition) is 10. The van der Waals surface area contributed by atoms with E-state index in [2.05, 4.69) is 4.98 Å². The second-order valence-corrected chi connectivity index (χ2v) is 9.17. The van der Waals surface area contributed by atoms with E-state index in [0.29, 0.717) is 40.7 Å². The molecule has 5 rings (SSSR count). The third-order valence-electron chi connectivity index (χ3n) is 6.07. The molecule has 0 saturated heterocycles. The van der Waals surface area contributed by atoms with Crippen molar-refractivity contribution in [3.05, 3.63) is 71.4 Å². The second-order valence-electron chi connectivity index (χ2n) is 8.16. The van der Waals surface area contributed by atoms with Gasteiger partial charge in [0.2, 0.25) is 11.5 Å². The number of ether oxygens (including phenoxy) is 4. The van der Waals surface area contributed by atoms with Gasteiger partial charge in [-0.05, 0) is 55.0 Å². The van der Waals surface area contributed by atoms with Crippen LogP contribution in [0, 0.1) is 0 Å². The highest BCUT2D eigenvalue weighted by molar-refractivity contribution is 7.22. The number of amides is 1. The summed E-state index contributed by atoms with van der Waals surface area (Å²) < 4.78 is 28.1. The van der Waals surface area contributed by atoms with Crippen LogP contribution in [0.4, 0.5) is 5.13 Å². The molecule has 10 nitrogen and oxygen atoms in total. The lowest BCUT2D eigenvalue weighted by molar-refractivity contribution is -0.117. The molecule has 3 heterocycles. The molecule has 1 aliphatic heterocycles. The average molecular weight is 537 g/mol. The summed E-state index contributed by atoms with van der Waals surface area (Å²) in [5, 5.41) is 11.3. The van der Waals surface area contributed by atoms with Crippen molar-refractivity contribution in [2.75, 3.05) is 32.8 Å². The highest BCUT2D eigenvalue weighted by Gasteiger charge is 2.47. The van der Waals surface area contributed by atoms with Gasteiger partial charge in [-0.25, -0.2) is 4.98 Å². The van der Waals surface area contributed by atoms with E-state index >= 15 is 0 Å². The third kappa shape index (κ3) is 4.10. The summed E-state index contributed by atoms with van der Waals surface area (Å²) in [6.45, 7) is 2.39. The predicted molar refractivity (Wildman–Crippen MR) is 140 cm³/mol. The zero-order valence-corrected chi connectivity index (χ0v) is 21.8. The Bertz CT molecular complexity index is 1530. The fourth-order valence-corrected chi connectivity index (χ4v) is 5.42. The van der Waals surface area contributed by atoms with Gasteiger partial charge in [0.1, 0.15) is 5.75 Å². The van der Waals surface area contributed by atoms with Crippen LogP contribution in [0.25, 0.3) is 10.2 Å². The van der Waals surface area contributed by atoms with Gasteiger partial charge in [-0.15, -0.1) is 0 Å². The second kappa shape index (κ2) is 10.1. The number of carbonyl (C=O) groups is 2. The molecule has 0 radical (unpaired) electrons. The van der Waals surface area contributed by atoms with Gasteiger partial charge in [0.25, 0.3) is 5.91 Å². The maximum atomic E-state index is 13.5. The van der Waals surface area contributed by atoms with Gasteiger partial charge < -0.3 is 28.5 Å². The molecule has 1 N–H and O–H groups in total. The molecule has 1 amide bonds. The first-order chi connectivity index (χ1) is 18.4. The van der Waals surface area contributed by atoms with Crippen molar-refractivity contribution in [1.82, 2.24) is 4.98 Å². The van der Waals surface area contributed by atoms with Crippen LogP contribution < -0.4 is 23.8 Å². The quantitative estimate of drug-likeness (QED) is 0.291. The summed E-state index contributed by atoms with van der Waals surface area (Å²) in [6.07, 6.45) is 1.34. The molecule has 0 unspecified atom stereocenters. The van der Waals surface area contributed by atoms with Crippen LogP contribution in [0.1, 0.15) is 29.1 Å². The number of hydrogen-bond donors (Lipinski definition) is 1. The molecule has 0 spiro atoms. The highest BCUT2D eigenvalue weighted by Crippen LogP contribution is 2.48. The lowest BCUT2D eigenvalue weighted by Gasteiger charge is -2.25. The zero-order valence-electron chi connectivity index (χ0n) is 21.0. The van der Waals surface area contributed by atoms with E-state index in [1.165, 1.54) is 49.9 Å². The van der Waals surface area contributed by atoms with Gasteiger partial charge in [-0.3, -0.25) is 14.5 Å². The topological polar surface area (TPSA) is 121 Å². The number of nitrogens with zero attached hydrogens (tertiary/aromatic N) is 2. The lowest BCUT2D eigenvalue weighted by atomic mass is 9.94. The molecular weight excluding hydrogens is 512 g/mol. The van der Waals surface area contributed by atoms with Crippen LogP contribution in [-0.2, 0) is 4.79 Å². The molecule has 0 aliphatic carbocycles. The van der Waals surface area contributed by atoms with E-state index in [-0.39, 0.29) is 16.5 Å². The number of aliphatic hydroxyl groups is 1. The molecule has 2 aromatic carbocycles. The number of fused-ring (bicyclic) bond motifs is 1. The van der Waals surface area contributed by atoms with Crippen LogP contribution in [0.3, 0.4) is 0 Å². The number of furan rings is 1. The summed E-state index contributed by atoms with van der Waals surface area (Å²) in [5.74, 6) is -0.496. The van der Waals surface area contributed by atoms with Gasteiger partial charge in [0.05, 0.1) is 56.0 Å². The minimum atomic E-state index is -1.07. The lowest BCUT2D eigenvalue weighted by Crippen LogP contribution is -2.31. The van der Waals surface area contributed by atoms with Crippen molar-refractivity contribution >= 4 is 38.4 Å². The number of benzene rings is 2. The Morgan fingerprint density at radius 2 is 1.84 bits per heavy atom. The van der Waals surface area contributed by atoms with Gasteiger partial charge in [0.15, 0.2) is 28.1 Å². The van der Waals surface area contributed by atoms with Crippen molar-refractivity contribution < 1.29 is 38.1 Å². The molecule has 38 heavy (non-hydrogen) atoms. The van der Waals surface area contributed by atoms with E-state index in [0.717, 1.165) is 4.70 Å². The van der Waals surface area contributed by atoms with E-state index in [1.54, 1.807) is 30.3 Å². The average Bonchev–Trinajstić information content (AvgIpc) is 3.66. The maximum absolute atomic E-state index is 13.5. The number of aliphatic hydroxyl groups excluding tert-OH is 1. The maximum Gasteiger partial charge on any atom is 0.296 e. The minimum absolute atomic E-state index is 0.0238. The number of thiazole rings is 1. The van der Waals surface area contributed by atoms with Crippen molar-refractivity contribution in [2.24, 2.45) is 0 Å². The number of carbonyl (C=O) groups excluding carboxylic acids is 2. The van der Waals surface area contributed by atoms with Crippen LogP contribution >= 0.6 is 11.3 Å². The van der Waals surface area contributed by atoms with Crippen LogP contribution in [0.2, 0.25) is 0 Å². The van der Waals surface area contributed by atoms with E-state index in [9.17, 15) is 14.7 Å². The van der Waals surface area contributed by atoms with Crippen LogP contribution in [0.5, 0.6) is 23.0 Å². The largest absolute Gasteiger partial charge is 0.503 e. The molecule has 11 heteroatoms. The Morgan fingerprint density at radius 1 is 1.11 bits per heavy atom. The molecular formula is C27H24N2O8S. The number of aromatic nitrogens is 1. The molecule has 4 aromatic rings. The number of ketones is 1. The predicted octanol–water partition coefficient (Wildman–Crippen LogP) is 5.10. The van der Waals surface area contributed by atoms with E-state index < -0.39 is 23.5 Å². The number of methoxy groups -OCH3 is 3. The van der Waals surface area contributed by atoms with Crippen molar-refractivity contribution in [2.45, 2.75) is 13.0 Å². The summed E-state index contributed by atoms with van der Waals surface area (Å²) >= 11 is 1.23. The smallest absolute Gasteiger partial charge is 0.296 e. The summed E-state index contributed by atoms with van der Waals surface area (Å²) in [6, 6.07) is 10.6. The van der Waals surface area contributed by atoms with Crippen molar-refractivity contribution in [3.8, 4) is 23.0 Å². The Balaban J connectivity index is 1.71. The van der Waals surface area contributed by atoms with Gasteiger partial charge in [-0.2, -0.15) is 0 Å². The Kier molecular flexibility index (Phi) is 6.68. The van der Waals surface area contributed by atoms with E-state index in [4.69, 9.17) is 23.4 Å². The molecule has 1 atom stereocenters. The van der Waals surface area contributed by atoms with Gasteiger partial charge in [0, 0.05) is 0 Å². The van der Waals surface area contributed by atoms with Gasteiger partial charge in [-0.1, -0.05) is 11.3 Å². The molecule has 0 bridgehead atoms. The Morgan fingerprint density at radius 3 is 2.45 bits per heavy atom. The van der Waals surface area contributed by atoms with Crippen LogP contribution in [-0.4, -0.2) is 49.7 Å². The summed E-state index contributed by atoms with van der Waals surface area (Å²) in [4.78, 5) is 33.0. The molecule has 0 saturated carbocycles. The standard InChI is InChI=1S/C27H24N2O8S/c1-5-36-15-8-9-16-20(13-15)38-27(28-16)29-22(14-11-18(33-2)25(35-4)19(12-14)34-3)21(24(31)26(29)32)23(30)17-7-6-10-37-17/h6-13,22,31H,5H2,1-4H3/t22-/m1/s1. The number of Topliss-reactive ketones (excluding diaryl/α,β-unsaturated/α-hetero) is 1. The molecule has 196 valence electrons. The van der Waals surface area contributed by atoms with Crippen molar-refractivity contribution in [3.63, 3.8) is 0 Å². The monoisotopic (exact) mass is 536 g/mol. The number of anilines is 1. The van der Waals surface area contributed by atoms with Crippen molar-refractivity contribution in [1.29, 1.82) is 0 Å². The molecule has 0 fully saturated rings. The minimum Gasteiger partial charge on any atom is -0.503 e. The normalized spacial score (nSPS) is 15.3. The zero-order chi connectivity index (χ0) is 27.0. The molecule has 1 aliphatic rings. The third-order valence-corrected chi connectivity index (χ3v) is 7.08. The Labute approximate surface area is 221 Å². The Hall–Kier alpha value is -4.51. The number of rotatable bonds is 9. The van der Waals surface area contributed by atoms with Gasteiger partial charge >= 0.3 is 0 Å². The first kappa shape index (κ1) is 25.2. The fraction of sp³-hybridized carbons (Fsp3) is 0.222.